The molecule has 1 aliphatic heterocycles. The maximum Gasteiger partial charge on any atom is 0.253 e. The largest absolute Gasteiger partial charge is 0.372 e. The number of hydrogen-bond donors (Lipinski definition) is 0. The Morgan fingerprint density at radius 1 is 1.16 bits per heavy atom. The van der Waals surface area contributed by atoms with Crippen LogP contribution in [0.3, 0.4) is 0 Å². The monoisotopic (exact) mass is 365 g/mol. The normalized spacial score (nSPS) is 17.6. The van der Waals surface area contributed by atoms with Gasteiger partial charge >= 0.3 is 0 Å². The van der Waals surface area contributed by atoms with Crippen LogP contribution >= 0.6 is 11.6 Å². The van der Waals surface area contributed by atoms with Gasteiger partial charge in [-0.25, -0.2) is 8.78 Å². The van der Waals surface area contributed by atoms with Crippen molar-refractivity contribution in [3.8, 4) is 0 Å². The maximum absolute atomic E-state index is 13.2. The van der Waals surface area contributed by atoms with Crippen molar-refractivity contribution in [2.24, 2.45) is 0 Å². The minimum absolute atomic E-state index is 0.0576. The standard InChI is InChI=1S/C19H18ClF2NO2/c20-15-6-4-14(5-7-15)19(24)23-9-1-2-16(11-23)25-12-13-3-8-17(21)18(22)10-13/h3-8,10,16H,1-2,9,11-12H2/t16-/m1/s1. The predicted molar refractivity (Wildman–Crippen MR) is 91.5 cm³/mol. The van der Waals surface area contributed by atoms with E-state index in [1.807, 2.05) is 0 Å². The molecule has 0 spiro atoms. The summed E-state index contributed by atoms with van der Waals surface area (Å²) in [6.07, 6.45) is 1.54. The second-order valence-corrected chi connectivity index (χ2v) is 6.52. The lowest BCUT2D eigenvalue weighted by Gasteiger charge is -2.32. The Morgan fingerprint density at radius 2 is 1.92 bits per heavy atom. The Hall–Kier alpha value is -1.98. The van der Waals surface area contributed by atoms with Crippen molar-refractivity contribution in [2.75, 3.05) is 13.1 Å². The third-order valence-electron chi connectivity index (χ3n) is 4.23. The minimum atomic E-state index is -0.885. The predicted octanol–water partition coefficient (Wildman–Crippen LogP) is 4.44. The molecule has 1 atom stereocenters. The van der Waals surface area contributed by atoms with Crippen molar-refractivity contribution in [3.05, 3.63) is 70.2 Å². The Kier molecular flexibility index (Phi) is 5.66. The van der Waals surface area contributed by atoms with Crippen LogP contribution in [0.5, 0.6) is 0 Å². The van der Waals surface area contributed by atoms with Gasteiger partial charge in [-0.2, -0.15) is 0 Å². The molecule has 132 valence electrons. The summed E-state index contributed by atoms with van der Waals surface area (Å²) in [5.74, 6) is -1.82. The number of amides is 1. The molecule has 25 heavy (non-hydrogen) atoms. The number of likely N-dealkylation sites (tertiary alicyclic amines) is 1. The van der Waals surface area contributed by atoms with E-state index in [4.69, 9.17) is 16.3 Å². The van der Waals surface area contributed by atoms with Crippen LogP contribution in [-0.2, 0) is 11.3 Å². The summed E-state index contributed by atoms with van der Waals surface area (Å²) in [6, 6.07) is 10.5. The van der Waals surface area contributed by atoms with Crippen molar-refractivity contribution in [2.45, 2.75) is 25.6 Å². The van der Waals surface area contributed by atoms with Crippen molar-refractivity contribution in [3.63, 3.8) is 0 Å². The fourth-order valence-corrected chi connectivity index (χ4v) is 3.00. The van der Waals surface area contributed by atoms with Gasteiger partial charge in [0.15, 0.2) is 11.6 Å². The molecule has 0 radical (unpaired) electrons. The summed E-state index contributed by atoms with van der Waals surface area (Å²) in [4.78, 5) is 14.3. The molecule has 2 aromatic rings. The number of carbonyl (C=O) groups excluding carboxylic acids is 1. The van der Waals surface area contributed by atoms with Crippen LogP contribution < -0.4 is 0 Å². The van der Waals surface area contributed by atoms with Crippen molar-refractivity contribution < 1.29 is 18.3 Å². The zero-order valence-electron chi connectivity index (χ0n) is 13.6. The highest BCUT2D eigenvalue weighted by molar-refractivity contribution is 6.30. The van der Waals surface area contributed by atoms with Gasteiger partial charge in [0.25, 0.3) is 5.91 Å². The Morgan fingerprint density at radius 3 is 2.64 bits per heavy atom. The Balaban J connectivity index is 1.58. The zero-order valence-corrected chi connectivity index (χ0v) is 14.3. The maximum atomic E-state index is 13.2. The number of halogens is 3. The van der Waals surface area contributed by atoms with Crippen LogP contribution in [-0.4, -0.2) is 30.0 Å². The zero-order chi connectivity index (χ0) is 17.8. The molecule has 0 unspecified atom stereocenters. The van der Waals surface area contributed by atoms with E-state index in [1.54, 1.807) is 29.2 Å². The summed E-state index contributed by atoms with van der Waals surface area (Å²) < 4.78 is 32.0. The lowest BCUT2D eigenvalue weighted by Crippen LogP contribution is -2.43. The molecule has 1 saturated heterocycles. The van der Waals surface area contributed by atoms with Crippen LogP contribution in [0.4, 0.5) is 8.78 Å². The van der Waals surface area contributed by atoms with Gasteiger partial charge in [0.1, 0.15) is 0 Å². The molecule has 1 aliphatic rings. The summed E-state index contributed by atoms with van der Waals surface area (Å²) in [5.41, 5.74) is 1.16. The molecule has 2 aromatic carbocycles. The highest BCUT2D eigenvalue weighted by Crippen LogP contribution is 2.19. The topological polar surface area (TPSA) is 29.5 Å². The van der Waals surface area contributed by atoms with Crippen LogP contribution in [0.15, 0.2) is 42.5 Å². The second-order valence-electron chi connectivity index (χ2n) is 6.08. The number of ether oxygens (including phenoxy) is 1. The SMILES string of the molecule is O=C(c1ccc(Cl)cc1)N1CCC[C@@H](OCc2ccc(F)c(F)c2)C1. The third-order valence-corrected chi connectivity index (χ3v) is 4.48. The van der Waals surface area contributed by atoms with Crippen LogP contribution in [0.1, 0.15) is 28.8 Å². The molecule has 0 aromatic heterocycles. The lowest BCUT2D eigenvalue weighted by atomic mass is 10.1. The molecular formula is C19H18ClF2NO2. The molecule has 3 rings (SSSR count). The highest BCUT2D eigenvalue weighted by atomic mass is 35.5. The Labute approximate surface area is 150 Å². The summed E-state index contributed by atoms with van der Waals surface area (Å²) in [7, 11) is 0. The minimum Gasteiger partial charge on any atom is -0.372 e. The Bertz CT molecular complexity index is 752. The average Bonchev–Trinajstić information content (AvgIpc) is 2.63. The first kappa shape index (κ1) is 17.8. The first-order valence-corrected chi connectivity index (χ1v) is 8.51. The van der Waals surface area contributed by atoms with E-state index in [0.29, 0.717) is 29.2 Å². The summed E-state index contributed by atoms with van der Waals surface area (Å²) >= 11 is 5.85. The van der Waals surface area contributed by atoms with Gasteiger partial charge < -0.3 is 9.64 Å². The fourth-order valence-electron chi connectivity index (χ4n) is 2.88. The van der Waals surface area contributed by atoms with Gasteiger partial charge in [-0.3, -0.25) is 4.79 Å². The first-order valence-electron chi connectivity index (χ1n) is 8.13. The van der Waals surface area contributed by atoms with E-state index in [1.165, 1.54) is 6.07 Å². The van der Waals surface area contributed by atoms with Gasteiger partial charge in [-0.15, -0.1) is 0 Å². The van der Waals surface area contributed by atoms with Crippen LogP contribution in [0, 0.1) is 11.6 Å². The van der Waals surface area contributed by atoms with Crippen molar-refractivity contribution in [1.29, 1.82) is 0 Å². The van der Waals surface area contributed by atoms with E-state index in [0.717, 1.165) is 25.0 Å². The molecule has 6 heteroatoms. The van der Waals surface area contributed by atoms with E-state index in [-0.39, 0.29) is 18.6 Å². The van der Waals surface area contributed by atoms with Gasteiger partial charge in [-0.1, -0.05) is 17.7 Å². The summed E-state index contributed by atoms with van der Waals surface area (Å²) in [6.45, 7) is 1.34. The van der Waals surface area contributed by atoms with Gasteiger partial charge in [-0.05, 0) is 54.8 Å². The van der Waals surface area contributed by atoms with E-state index in [9.17, 15) is 13.6 Å². The summed E-state index contributed by atoms with van der Waals surface area (Å²) in [5, 5.41) is 0.586. The van der Waals surface area contributed by atoms with Crippen molar-refractivity contribution in [1.82, 2.24) is 4.90 Å². The fraction of sp³-hybridized carbons (Fsp3) is 0.316. The first-order chi connectivity index (χ1) is 12.0. The molecule has 1 amide bonds. The quantitative estimate of drug-likeness (QED) is 0.801. The number of piperidine rings is 1. The van der Waals surface area contributed by atoms with E-state index < -0.39 is 11.6 Å². The van der Waals surface area contributed by atoms with Gasteiger partial charge in [0.05, 0.1) is 12.7 Å². The molecule has 1 fully saturated rings. The molecule has 1 heterocycles. The van der Waals surface area contributed by atoms with Crippen LogP contribution in [0.2, 0.25) is 5.02 Å². The van der Waals surface area contributed by atoms with Gasteiger partial charge in [0.2, 0.25) is 0 Å². The number of carbonyl (C=O) groups is 1. The molecule has 0 saturated carbocycles. The number of hydrogen-bond acceptors (Lipinski definition) is 2. The highest BCUT2D eigenvalue weighted by Gasteiger charge is 2.25. The second kappa shape index (κ2) is 7.93. The van der Waals surface area contributed by atoms with Gasteiger partial charge in [0, 0.05) is 23.7 Å². The van der Waals surface area contributed by atoms with E-state index >= 15 is 0 Å². The third kappa shape index (κ3) is 4.55. The van der Waals surface area contributed by atoms with Crippen LogP contribution in [0.25, 0.3) is 0 Å². The number of nitrogens with zero attached hydrogens (tertiary/aromatic N) is 1. The average molecular weight is 366 g/mol. The smallest absolute Gasteiger partial charge is 0.253 e. The lowest BCUT2D eigenvalue weighted by molar-refractivity contribution is -0.00682. The molecule has 3 nitrogen and oxygen atoms in total. The molecule has 0 aliphatic carbocycles. The molecule has 0 N–H and O–H groups in total. The molecular weight excluding hydrogens is 348 g/mol. The molecule has 0 bridgehead atoms. The van der Waals surface area contributed by atoms with E-state index in [2.05, 4.69) is 0 Å². The number of rotatable bonds is 4. The van der Waals surface area contributed by atoms with Crippen molar-refractivity contribution >= 4 is 17.5 Å². The number of benzene rings is 2.